The number of nitrogens with one attached hydrogen (secondary N) is 1. The van der Waals surface area contributed by atoms with Gasteiger partial charge < -0.3 is 15.0 Å². The minimum atomic E-state index is 0.131. The molecule has 1 aliphatic carbocycles. The minimum Gasteiger partial charge on any atom is -0.379 e. The Morgan fingerprint density at radius 1 is 1.53 bits per heavy atom. The van der Waals surface area contributed by atoms with E-state index in [-0.39, 0.29) is 5.91 Å². The number of nitrogens with zero attached hydrogens (tertiary/aromatic N) is 1. The Morgan fingerprint density at radius 3 is 2.87 bits per heavy atom. The first-order valence-electron chi connectivity index (χ1n) is 5.76. The average molecular weight is 214 g/mol. The van der Waals surface area contributed by atoms with Gasteiger partial charge in [0.25, 0.3) is 0 Å². The third-order valence-corrected chi connectivity index (χ3v) is 2.57. The van der Waals surface area contributed by atoms with Gasteiger partial charge in [-0.25, -0.2) is 0 Å². The lowest BCUT2D eigenvalue weighted by Crippen LogP contribution is -2.37. The van der Waals surface area contributed by atoms with Crippen molar-refractivity contribution in [3.8, 4) is 0 Å². The molecular weight excluding hydrogens is 192 g/mol. The summed E-state index contributed by atoms with van der Waals surface area (Å²) in [5, 5.41) is 3.02. The van der Waals surface area contributed by atoms with E-state index in [0.717, 1.165) is 19.1 Å². The molecule has 0 aromatic heterocycles. The van der Waals surface area contributed by atoms with Gasteiger partial charge in [-0.1, -0.05) is 6.92 Å². The van der Waals surface area contributed by atoms with Crippen LogP contribution in [0.1, 0.15) is 19.8 Å². The Kier molecular flexibility index (Phi) is 5.65. The summed E-state index contributed by atoms with van der Waals surface area (Å²) >= 11 is 0. The lowest BCUT2D eigenvalue weighted by atomic mass is 10.4. The number of rotatable bonds is 8. The summed E-state index contributed by atoms with van der Waals surface area (Å²) in [6, 6.07) is 0. The van der Waals surface area contributed by atoms with Crippen LogP contribution in [0.3, 0.4) is 0 Å². The lowest BCUT2D eigenvalue weighted by Gasteiger charge is -2.17. The molecule has 1 N–H and O–H groups in total. The second kappa shape index (κ2) is 6.80. The highest BCUT2D eigenvalue weighted by atomic mass is 16.5. The number of carbonyl (C=O) groups excluding carboxylic acids is 1. The molecular formula is C11H22N2O2. The van der Waals surface area contributed by atoms with E-state index in [9.17, 15) is 4.79 Å². The summed E-state index contributed by atoms with van der Waals surface area (Å²) in [5.74, 6) is 0.930. The van der Waals surface area contributed by atoms with Crippen LogP contribution in [0.5, 0.6) is 0 Å². The molecule has 1 aliphatic rings. The first-order chi connectivity index (χ1) is 7.24. The fraction of sp³-hybridized carbons (Fsp3) is 0.909. The summed E-state index contributed by atoms with van der Waals surface area (Å²) in [6.45, 7) is 5.47. The molecule has 0 saturated heterocycles. The van der Waals surface area contributed by atoms with Gasteiger partial charge in [0.15, 0.2) is 0 Å². The van der Waals surface area contributed by atoms with Crippen LogP contribution in [-0.4, -0.2) is 50.7 Å². The van der Waals surface area contributed by atoms with Crippen molar-refractivity contribution in [3.63, 3.8) is 0 Å². The number of ether oxygens (including phenoxy) is 1. The summed E-state index contributed by atoms with van der Waals surface area (Å²) in [7, 11) is 1.82. The maximum absolute atomic E-state index is 11.5. The van der Waals surface area contributed by atoms with Crippen LogP contribution >= 0.6 is 0 Å². The molecule has 1 saturated carbocycles. The van der Waals surface area contributed by atoms with Crippen molar-refractivity contribution in [1.82, 2.24) is 10.2 Å². The summed E-state index contributed by atoms with van der Waals surface area (Å²) in [4.78, 5) is 13.2. The molecule has 0 radical (unpaired) electrons. The van der Waals surface area contributed by atoms with Crippen molar-refractivity contribution < 1.29 is 9.53 Å². The Morgan fingerprint density at radius 2 is 2.27 bits per heavy atom. The highest BCUT2D eigenvalue weighted by molar-refractivity contribution is 5.77. The van der Waals surface area contributed by atoms with Gasteiger partial charge in [-0.15, -0.1) is 0 Å². The van der Waals surface area contributed by atoms with Crippen LogP contribution in [0.25, 0.3) is 0 Å². The largest absolute Gasteiger partial charge is 0.379 e. The van der Waals surface area contributed by atoms with Crippen LogP contribution in [0.15, 0.2) is 0 Å². The van der Waals surface area contributed by atoms with E-state index in [1.807, 2.05) is 14.0 Å². The van der Waals surface area contributed by atoms with E-state index in [1.165, 1.54) is 12.8 Å². The molecule has 0 aliphatic heterocycles. The van der Waals surface area contributed by atoms with Crippen LogP contribution < -0.4 is 5.32 Å². The second-order valence-electron chi connectivity index (χ2n) is 4.11. The molecule has 4 heteroatoms. The topological polar surface area (TPSA) is 41.6 Å². The van der Waals surface area contributed by atoms with Gasteiger partial charge in [0.2, 0.25) is 5.91 Å². The molecule has 1 rings (SSSR count). The van der Waals surface area contributed by atoms with Crippen LogP contribution in [0, 0.1) is 5.92 Å². The normalized spacial score (nSPS) is 15.3. The monoisotopic (exact) mass is 214 g/mol. The second-order valence-corrected chi connectivity index (χ2v) is 4.11. The van der Waals surface area contributed by atoms with Crippen molar-refractivity contribution in [2.24, 2.45) is 5.92 Å². The molecule has 1 fully saturated rings. The lowest BCUT2D eigenvalue weighted by molar-refractivity contribution is -0.129. The summed E-state index contributed by atoms with van der Waals surface area (Å²) in [5.41, 5.74) is 0. The van der Waals surface area contributed by atoms with Crippen molar-refractivity contribution in [2.45, 2.75) is 19.8 Å². The fourth-order valence-electron chi connectivity index (χ4n) is 1.23. The molecule has 0 aromatic rings. The van der Waals surface area contributed by atoms with Crippen LogP contribution in [-0.2, 0) is 9.53 Å². The predicted molar refractivity (Wildman–Crippen MR) is 59.7 cm³/mol. The highest BCUT2D eigenvalue weighted by Crippen LogP contribution is 2.28. The third-order valence-electron chi connectivity index (χ3n) is 2.57. The smallest absolute Gasteiger partial charge is 0.236 e. The molecule has 88 valence electrons. The van der Waals surface area contributed by atoms with Crippen molar-refractivity contribution in [2.75, 3.05) is 39.9 Å². The standard InChI is InChI=1S/C11H22N2O2/c1-3-12-8-11(14)13(2)6-7-15-9-10-4-5-10/h10,12H,3-9H2,1-2H3. The Labute approximate surface area is 92.0 Å². The molecule has 0 atom stereocenters. The van der Waals surface area contributed by atoms with Gasteiger partial charge in [-0.3, -0.25) is 4.79 Å². The molecule has 15 heavy (non-hydrogen) atoms. The predicted octanol–water partition coefficient (Wildman–Crippen LogP) is 0.481. The number of hydrogen-bond acceptors (Lipinski definition) is 3. The van der Waals surface area contributed by atoms with E-state index in [0.29, 0.717) is 19.7 Å². The van der Waals surface area contributed by atoms with E-state index in [4.69, 9.17) is 4.74 Å². The third kappa shape index (κ3) is 5.74. The van der Waals surface area contributed by atoms with E-state index in [1.54, 1.807) is 4.90 Å². The quantitative estimate of drug-likeness (QED) is 0.598. The molecule has 0 spiro atoms. The van der Waals surface area contributed by atoms with E-state index in [2.05, 4.69) is 5.32 Å². The number of carbonyl (C=O) groups is 1. The Hall–Kier alpha value is -0.610. The van der Waals surface area contributed by atoms with E-state index >= 15 is 0 Å². The minimum absolute atomic E-state index is 0.131. The van der Waals surface area contributed by atoms with Gasteiger partial charge in [0.1, 0.15) is 0 Å². The molecule has 0 aromatic carbocycles. The number of hydrogen-bond donors (Lipinski definition) is 1. The zero-order valence-corrected chi connectivity index (χ0v) is 9.79. The average Bonchev–Trinajstić information content (AvgIpc) is 3.04. The Balaban J connectivity index is 1.95. The maximum Gasteiger partial charge on any atom is 0.236 e. The summed E-state index contributed by atoms with van der Waals surface area (Å²) < 4.78 is 5.47. The summed E-state index contributed by atoms with van der Waals surface area (Å²) in [6.07, 6.45) is 2.63. The van der Waals surface area contributed by atoms with Gasteiger partial charge in [0.05, 0.1) is 13.2 Å². The molecule has 0 unspecified atom stereocenters. The molecule has 1 amide bonds. The van der Waals surface area contributed by atoms with E-state index < -0.39 is 0 Å². The van der Waals surface area contributed by atoms with Gasteiger partial charge >= 0.3 is 0 Å². The number of likely N-dealkylation sites (N-methyl/N-ethyl adjacent to an activating group) is 2. The first kappa shape index (κ1) is 12.5. The Bertz CT molecular complexity index is 193. The molecule has 0 heterocycles. The first-order valence-corrected chi connectivity index (χ1v) is 5.76. The van der Waals surface area contributed by atoms with Crippen LogP contribution in [0.4, 0.5) is 0 Å². The SMILES string of the molecule is CCNCC(=O)N(C)CCOCC1CC1. The van der Waals surface area contributed by atoms with Crippen molar-refractivity contribution in [1.29, 1.82) is 0 Å². The molecule has 4 nitrogen and oxygen atoms in total. The van der Waals surface area contributed by atoms with Gasteiger partial charge in [0, 0.05) is 20.2 Å². The van der Waals surface area contributed by atoms with Gasteiger partial charge in [-0.2, -0.15) is 0 Å². The zero-order chi connectivity index (χ0) is 11.1. The van der Waals surface area contributed by atoms with Crippen LogP contribution in [0.2, 0.25) is 0 Å². The van der Waals surface area contributed by atoms with Crippen molar-refractivity contribution >= 4 is 5.91 Å². The van der Waals surface area contributed by atoms with Crippen molar-refractivity contribution in [3.05, 3.63) is 0 Å². The zero-order valence-electron chi connectivity index (χ0n) is 9.79. The fourth-order valence-corrected chi connectivity index (χ4v) is 1.23. The van der Waals surface area contributed by atoms with Gasteiger partial charge in [-0.05, 0) is 25.3 Å². The highest BCUT2D eigenvalue weighted by Gasteiger charge is 2.21. The molecule has 0 bridgehead atoms. The number of amides is 1. The maximum atomic E-state index is 11.5.